The van der Waals surface area contributed by atoms with Crippen molar-refractivity contribution in [3.63, 3.8) is 0 Å². The van der Waals surface area contributed by atoms with E-state index < -0.39 is 35.1 Å². The number of carbonyl (C=O) groups excluding carboxylic acids is 2. The van der Waals surface area contributed by atoms with Crippen LogP contribution < -0.4 is 0 Å². The van der Waals surface area contributed by atoms with Gasteiger partial charge < -0.3 is 9.80 Å². The fraction of sp³-hybridized carbons (Fsp3) is 0.200. The number of hydrogen-bond donors (Lipinski definition) is 0. The number of nitrogens with zero attached hydrogens (tertiary/aromatic N) is 2. The molecule has 0 unspecified atom stereocenters. The lowest BCUT2D eigenvalue weighted by molar-refractivity contribution is -0.127. The molecule has 0 aliphatic carbocycles. The molecule has 28 heavy (non-hydrogen) atoms. The van der Waals surface area contributed by atoms with E-state index in [1.807, 2.05) is 0 Å². The van der Waals surface area contributed by atoms with E-state index in [-0.39, 0.29) is 37.3 Å². The Bertz CT molecular complexity index is 918. The summed E-state index contributed by atoms with van der Waals surface area (Å²) in [6.45, 7) is 0.813. The van der Waals surface area contributed by atoms with E-state index in [9.17, 15) is 27.2 Å². The average molecular weight is 392 g/mol. The van der Waals surface area contributed by atoms with Crippen LogP contribution in [0, 0.1) is 23.3 Å². The first-order valence-corrected chi connectivity index (χ1v) is 8.52. The fourth-order valence-electron chi connectivity index (χ4n) is 2.87. The molecule has 0 saturated carbocycles. The van der Waals surface area contributed by atoms with Gasteiger partial charge in [-0.05, 0) is 36.4 Å². The zero-order valence-corrected chi connectivity index (χ0v) is 14.7. The maximum atomic E-state index is 13.6. The van der Waals surface area contributed by atoms with Crippen LogP contribution in [0.4, 0.5) is 17.6 Å². The summed E-state index contributed by atoms with van der Waals surface area (Å²) in [4.78, 5) is 27.4. The molecule has 4 nitrogen and oxygen atoms in total. The van der Waals surface area contributed by atoms with E-state index in [4.69, 9.17) is 0 Å². The summed E-state index contributed by atoms with van der Waals surface area (Å²) in [5.74, 6) is -4.59. The van der Waals surface area contributed by atoms with Gasteiger partial charge in [0.05, 0.1) is 0 Å². The van der Waals surface area contributed by atoms with Gasteiger partial charge in [-0.25, -0.2) is 17.6 Å². The fourth-order valence-corrected chi connectivity index (χ4v) is 2.87. The lowest BCUT2D eigenvalue weighted by Gasteiger charge is -2.34. The summed E-state index contributed by atoms with van der Waals surface area (Å²) in [6, 6.07) is 6.33. The van der Waals surface area contributed by atoms with E-state index in [1.54, 1.807) is 0 Å². The third kappa shape index (κ3) is 4.21. The topological polar surface area (TPSA) is 40.6 Å². The van der Waals surface area contributed by atoms with Gasteiger partial charge in [-0.15, -0.1) is 0 Å². The monoisotopic (exact) mass is 392 g/mol. The quantitative estimate of drug-likeness (QED) is 0.595. The maximum absolute atomic E-state index is 13.6. The number of carbonyl (C=O) groups is 2. The van der Waals surface area contributed by atoms with Crippen LogP contribution in [0.1, 0.15) is 15.9 Å². The minimum atomic E-state index is -1.11. The van der Waals surface area contributed by atoms with Crippen LogP contribution in [0.2, 0.25) is 0 Å². The van der Waals surface area contributed by atoms with Crippen molar-refractivity contribution in [1.29, 1.82) is 0 Å². The van der Waals surface area contributed by atoms with Crippen molar-refractivity contribution in [1.82, 2.24) is 9.80 Å². The Hall–Kier alpha value is -3.16. The van der Waals surface area contributed by atoms with Gasteiger partial charge in [0, 0.05) is 43.4 Å². The summed E-state index contributed by atoms with van der Waals surface area (Å²) in [5.41, 5.74) is -0.281. The molecule has 0 aromatic heterocycles. The Morgan fingerprint density at radius 3 is 2.00 bits per heavy atom. The van der Waals surface area contributed by atoms with E-state index in [1.165, 1.54) is 21.9 Å². The van der Waals surface area contributed by atoms with E-state index in [0.29, 0.717) is 0 Å². The first kappa shape index (κ1) is 19.6. The van der Waals surface area contributed by atoms with Gasteiger partial charge in [-0.3, -0.25) is 9.59 Å². The molecular weight excluding hydrogens is 376 g/mol. The van der Waals surface area contributed by atoms with Crippen LogP contribution in [-0.4, -0.2) is 47.8 Å². The molecule has 0 bridgehead atoms. The molecule has 3 rings (SSSR count). The van der Waals surface area contributed by atoms with Crippen LogP contribution in [0.3, 0.4) is 0 Å². The molecule has 146 valence electrons. The Morgan fingerprint density at radius 2 is 1.39 bits per heavy atom. The van der Waals surface area contributed by atoms with Crippen molar-refractivity contribution in [2.24, 2.45) is 0 Å². The highest BCUT2D eigenvalue weighted by Gasteiger charge is 2.24. The Labute approximate surface area is 158 Å². The Kier molecular flexibility index (Phi) is 5.77. The summed E-state index contributed by atoms with van der Waals surface area (Å²) in [7, 11) is 0. The van der Waals surface area contributed by atoms with Gasteiger partial charge in [-0.1, -0.05) is 6.07 Å². The standard InChI is InChI=1S/C20H16F4N2O2/c21-15-2-1-3-16(22)14(15)5-7-19(27)25-8-10-26(11-9-25)20(28)13-4-6-17(23)18(24)12-13/h1-7,12H,8-11H2. The predicted octanol–water partition coefficient (Wildman–Crippen LogP) is 3.24. The molecular formula is C20H16F4N2O2. The number of hydrogen-bond acceptors (Lipinski definition) is 2. The molecule has 2 aromatic carbocycles. The molecule has 0 atom stereocenters. The SMILES string of the molecule is O=C(C=Cc1c(F)cccc1F)N1CCN(C(=O)c2ccc(F)c(F)c2)CC1. The van der Waals surface area contributed by atoms with Crippen LogP contribution >= 0.6 is 0 Å². The summed E-state index contributed by atoms with van der Waals surface area (Å²) in [6.07, 6.45) is 2.15. The lowest BCUT2D eigenvalue weighted by Crippen LogP contribution is -2.50. The van der Waals surface area contributed by atoms with E-state index in [0.717, 1.165) is 36.4 Å². The molecule has 0 N–H and O–H groups in total. The molecule has 1 aliphatic heterocycles. The number of benzene rings is 2. The molecule has 8 heteroatoms. The Balaban J connectivity index is 1.60. The van der Waals surface area contributed by atoms with Crippen molar-refractivity contribution in [3.8, 4) is 0 Å². The lowest BCUT2D eigenvalue weighted by atomic mass is 10.1. The highest BCUT2D eigenvalue weighted by molar-refractivity contribution is 5.95. The van der Waals surface area contributed by atoms with Gasteiger partial charge in [0.15, 0.2) is 11.6 Å². The second-order valence-electron chi connectivity index (χ2n) is 6.22. The molecule has 2 aromatic rings. The molecule has 1 fully saturated rings. The highest BCUT2D eigenvalue weighted by Crippen LogP contribution is 2.15. The molecule has 1 heterocycles. The van der Waals surface area contributed by atoms with E-state index in [2.05, 4.69) is 0 Å². The molecule has 0 radical (unpaired) electrons. The minimum absolute atomic E-state index is 0.0219. The van der Waals surface area contributed by atoms with Crippen molar-refractivity contribution >= 4 is 17.9 Å². The largest absolute Gasteiger partial charge is 0.336 e. The van der Waals surface area contributed by atoms with Crippen LogP contribution in [0.5, 0.6) is 0 Å². The molecule has 1 saturated heterocycles. The third-order valence-corrected chi connectivity index (χ3v) is 4.44. The number of amides is 2. The summed E-state index contributed by atoms with van der Waals surface area (Å²) >= 11 is 0. The van der Waals surface area contributed by atoms with Crippen molar-refractivity contribution in [2.45, 2.75) is 0 Å². The first-order chi connectivity index (χ1) is 13.4. The van der Waals surface area contributed by atoms with Gasteiger partial charge in [0.1, 0.15) is 11.6 Å². The zero-order chi connectivity index (χ0) is 20.3. The summed E-state index contributed by atoms with van der Waals surface area (Å²) < 4.78 is 53.5. The normalized spacial score (nSPS) is 14.6. The zero-order valence-electron chi connectivity index (χ0n) is 14.7. The van der Waals surface area contributed by atoms with Gasteiger partial charge in [0.2, 0.25) is 5.91 Å². The smallest absolute Gasteiger partial charge is 0.254 e. The van der Waals surface area contributed by atoms with Crippen molar-refractivity contribution in [2.75, 3.05) is 26.2 Å². The van der Waals surface area contributed by atoms with Gasteiger partial charge >= 0.3 is 0 Å². The second kappa shape index (κ2) is 8.24. The molecule has 2 amide bonds. The van der Waals surface area contributed by atoms with Crippen LogP contribution in [0.15, 0.2) is 42.5 Å². The predicted molar refractivity (Wildman–Crippen MR) is 94.2 cm³/mol. The Morgan fingerprint density at radius 1 is 0.786 bits per heavy atom. The number of piperazine rings is 1. The number of halogens is 4. The van der Waals surface area contributed by atoms with Crippen molar-refractivity contribution in [3.05, 3.63) is 76.9 Å². The third-order valence-electron chi connectivity index (χ3n) is 4.44. The molecule has 0 spiro atoms. The van der Waals surface area contributed by atoms with Gasteiger partial charge in [0.25, 0.3) is 5.91 Å². The first-order valence-electron chi connectivity index (χ1n) is 8.52. The average Bonchev–Trinajstić information content (AvgIpc) is 2.69. The molecule has 1 aliphatic rings. The minimum Gasteiger partial charge on any atom is -0.336 e. The summed E-state index contributed by atoms with van der Waals surface area (Å²) in [5, 5.41) is 0. The van der Waals surface area contributed by atoms with Crippen LogP contribution in [0.25, 0.3) is 6.08 Å². The second-order valence-corrected chi connectivity index (χ2v) is 6.22. The van der Waals surface area contributed by atoms with E-state index >= 15 is 0 Å². The maximum Gasteiger partial charge on any atom is 0.254 e. The highest BCUT2D eigenvalue weighted by atomic mass is 19.2. The van der Waals surface area contributed by atoms with Crippen LogP contribution in [-0.2, 0) is 4.79 Å². The van der Waals surface area contributed by atoms with Crippen molar-refractivity contribution < 1.29 is 27.2 Å². The van der Waals surface area contributed by atoms with Gasteiger partial charge in [-0.2, -0.15) is 0 Å². The number of rotatable bonds is 3.